The van der Waals surface area contributed by atoms with Crippen LogP contribution in [0.15, 0.2) is 6.33 Å². The van der Waals surface area contributed by atoms with Crippen molar-refractivity contribution in [3.05, 3.63) is 11.9 Å². The molecule has 1 aromatic heterocycles. The third kappa shape index (κ3) is 3.56. The van der Waals surface area contributed by atoms with Crippen molar-refractivity contribution in [2.75, 3.05) is 32.1 Å². The van der Waals surface area contributed by atoms with Gasteiger partial charge in [0.05, 0.1) is 12.7 Å². The third-order valence-electron chi connectivity index (χ3n) is 3.81. The van der Waals surface area contributed by atoms with E-state index in [1.807, 2.05) is 6.92 Å². The van der Waals surface area contributed by atoms with E-state index in [1.54, 1.807) is 13.4 Å². The van der Waals surface area contributed by atoms with Crippen LogP contribution in [0.25, 0.3) is 0 Å². The molecule has 1 aliphatic heterocycles. The molecule has 106 valence electrons. The number of methoxy groups -OCH3 is 1. The molecule has 0 amide bonds. The number of hydrogen-bond acceptors (Lipinski definition) is 5. The molecule has 0 aromatic carbocycles. The molecule has 0 radical (unpaired) electrons. The zero-order valence-electron chi connectivity index (χ0n) is 12.1. The van der Waals surface area contributed by atoms with Crippen molar-refractivity contribution in [2.45, 2.75) is 39.2 Å². The second-order valence-electron chi connectivity index (χ2n) is 5.18. The van der Waals surface area contributed by atoms with Crippen LogP contribution < -0.4 is 10.1 Å². The van der Waals surface area contributed by atoms with Crippen LogP contribution in [0, 0.1) is 6.92 Å². The van der Waals surface area contributed by atoms with Gasteiger partial charge in [0.1, 0.15) is 12.1 Å². The van der Waals surface area contributed by atoms with Crippen LogP contribution >= 0.6 is 0 Å². The molecule has 1 fully saturated rings. The van der Waals surface area contributed by atoms with Crippen LogP contribution in [0.1, 0.15) is 31.7 Å². The zero-order valence-corrected chi connectivity index (χ0v) is 12.1. The molecule has 0 saturated carbocycles. The molecular formula is C14H24N4O. The van der Waals surface area contributed by atoms with Gasteiger partial charge in [-0.3, -0.25) is 4.90 Å². The van der Waals surface area contributed by atoms with E-state index in [0.717, 1.165) is 17.9 Å². The molecule has 1 aromatic rings. The SMILES string of the molecule is COc1ncnc(NCC(C)N2CCCCC2)c1C. The Morgan fingerprint density at radius 2 is 2.05 bits per heavy atom. The summed E-state index contributed by atoms with van der Waals surface area (Å²) in [7, 11) is 1.63. The molecule has 1 saturated heterocycles. The maximum Gasteiger partial charge on any atom is 0.221 e. The number of nitrogens with zero attached hydrogens (tertiary/aromatic N) is 3. The summed E-state index contributed by atoms with van der Waals surface area (Å²) in [5.74, 6) is 1.51. The van der Waals surface area contributed by atoms with Crippen LogP contribution in [0.3, 0.4) is 0 Å². The Morgan fingerprint density at radius 3 is 2.74 bits per heavy atom. The van der Waals surface area contributed by atoms with Crippen LogP contribution in [0.2, 0.25) is 0 Å². The molecule has 0 bridgehead atoms. The molecule has 0 aliphatic carbocycles. The maximum absolute atomic E-state index is 5.21. The van der Waals surface area contributed by atoms with Gasteiger partial charge >= 0.3 is 0 Å². The highest BCUT2D eigenvalue weighted by molar-refractivity contribution is 5.47. The largest absolute Gasteiger partial charge is 0.481 e. The first kappa shape index (κ1) is 14.1. The Bertz CT molecular complexity index is 404. The average Bonchev–Trinajstić information content (AvgIpc) is 2.47. The van der Waals surface area contributed by atoms with E-state index >= 15 is 0 Å². The minimum absolute atomic E-state index is 0.528. The lowest BCUT2D eigenvalue weighted by Crippen LogP contribution is -2.41. The summed E-state index contributed by atoms with van der Waals surface area (Å²) < 4.78 is 5.21. The van der Waals surface area contributed by atoms with Crippen LogP contribution in [-0.2, 0) is 0 Å². The van der Waals surface area contributed by atoms with Crippen molar-refractivity contribution in [3.8, 4) is 5.88 Å². The first-order valence-electron chi connectivity index (χ1n) is 7.06. The number of hydrogen-bond donors (Lipinski definition) is 1. The van der Waals surface area contributed by atoms with E-state index in [4.69, 9.17) is 4.74 Å². The van der Waals surface area contributed by atoms with Crippen molar-refractivity contribution in [3.63, 3.8) is 0 Å². The summed E-state index contributed by atoms with van der Waals surface area (Å²) >= 11 is 0. The van der Waals surface area contributed by atoms with E-state index in [0.29, 0.717) is 11.9 Å². The Labute approximate surface area is 115 Å². The molecule has 2 heterocycles. The predicted molar refractivity (Wildman–Crippen MR) is 76.7 cm³/mol. The van der Waals surface area contributed by atoms with Gasteiger partial charge in [-0.25, -0.2) is 9.97 Å². The molecule has 2 rings (SSSR count). The van der Waals surface area contributed by atoms with Crippen molar-refractivity contribution in [2.24, 2.45) is 0 Å². The van der Waals surface area contributed by atoms with Gasteiger partial charge in [-0.15, -0.1) is 0 Å². The molecule has 1 atom stereocenters. The summed E-state index contributed by atoms with van der Waals surface area (Å²) in [4.78, 5) is 10.9. The van der Waals surface area contributed by atoms with Crippen LogP contribution in [0.4, 0.5) is 5.82 Å². The monoisotopic (exact) mass is 264 g/mol. The van der Waals surface area contributed by atoms with E-state index in [-0.39, 0.29) is 0 Å². The Hall–Kier alpha value is -1.36. The average molecular weight is 264 g/mol. The summed E-state index contributed by atoms with van der Waals surface area (Å²) in [6.07, 6.45) is 5.56. The molecule has 1 aliphatic rings. The predicted octanol–water partition coefficient (Wildman–Crippen LogP) is 2.08. The summed E-state index contributed by atoms with van der Waals surface area (Å²) in [5, 5.41) is 3.41. The van der Waals surface area contributed by atoms with Crippen molar-refractivity contribution >= 4 is 5.82 Å². The first-order chi connectivity index (χ1) is 9.22. The van der Waals surface area contributed by atoms with Gasteiger partial charge in [-0.05, 0) is 39.8 Å². The van der Waals surface area contributed by atoms with Crippen molar-refractivity contribution < 1.29 is 4.74 Å². The minimum atomic E-state index is 0.528. The highest BCUT2D eigenvalue weighted by Crippen LogP contribution is 2.20. The molecule has 1 N–H and O–H groups in total. The van der Waals surface area contributed by atoms with Gasteiger partial charge in [0.25, 0.3) is 0 Å². The second-order valence-corrected chi connectivity index (χ2v) is 5.18. The third-order valence-corrected chi connectivity index (χ3v) is 3.81. The van der Waals surface area contributed by atoms with Crippen LogP contribution in [0.5, 0.6) is 5.88 Å². The fraction of sp³-hybridized carbons (Fsp3) is 0.714. The van der Waals surface area contributed by atoms with Crippen LogP contribution in [-0.4, -0.2) is 47.7 Å². The van der Waals surface area contributed by atoms with Gasteiger partial charge < -0.3 is 10.1 Å². The number of nitrogens with one attached hydrogen (secondary N) is 1. The Balaban J connectivity index is 1.91. The first-order valence-corrected chi connectivity index (χ1v) is 7.06. The number of ether oxygens (including phenoxy) is 1. The molecule has 19 heavy (non-hydrogen) atoms. The minimum Gasteiger partial charge on any atom is -0.481 e. The van der Waals surface area contributed by atoms with Gasteiger partial charge in [0, 0.05) is 12.6 Å². The second kappa shape index (κ2) is 6.70. The number of piperidine rings is 1. The Morgan fingerprint density at radius 1 is 1.32 bits per heavy atom. The van der Waals surface area contributed by atoms with Crippen molar-refractivity contribution in [1.29, 1.82) is 0 Å². The van der Waals surface area contributed by atoms with Gasteiger partial charge in [0.2, 0.25) is 5.88 Å². The lowest BCUT2D eigenvalue weighted by atomic mass is 10.1. The number of aromatic nitrogens is 2. The molecular weight excluding hydrogens is 240 g/mol. The topological polar surface area (TPSA) is 50.3 Å². The van der Waals surface area contributed by atoms with E-state index in [2.05, 4.69) is 27.1 Å². The van der Waals surface area contributed by atoms with Gasteiger partial charge in [0.15, 0.2) is 0 Å². The number of anilines is 1. The van der Waals surface area contributed by atoms with Gasteiger partial charge in [-0.1, -0.05) is 6.42 Å². The van der Waals surface area contributed by atoms with E-state index in [9.17, 15) is 0 Å². The lowest BCUT2D eigenvalue weighted by Gasteiger charge is -2.32. The summed E-state index contributed by atoms with van der Waals surface area (Å²) in [6, 6.07) is 0.528. The highest BCUT2D eigenvalue weighted by Gasteiger charge is 2.17. The fourth-order valence-corrected chi connectivity index (χ4v) is 2.55. The maximum atomic E-state index is 5.21. The lowest BCUT2D eigenvalue weighted by molar-refractivity contribution is 0.180. The number of likely N-dealkylation sites (tertiary alicyclic amines) is 1. The molecule has 5 heteroatoms. The normalized spacial score (nSPS) is 18.1. The number of rotatable bonds is 5. The van der Waals surface area contributed by atoms with Crippen molar-refractivity contribution in [1.82, 2.24) is 14.9 Å². The summed E-state index contributed by atoms with van der Waals surface area (Å²) in [5.41, 5.74) is 0.968. The quantitative estimate of drug-likeness (QED) is 0.882. The highest BCUT2D eigenvalue weighted by atomic mass is 16.5. The summed E-state index contributed by atoms with van der Waals surface area (Å²) in [6.45, 7) is 7.59. The standard InChI is InChI=1S/C14H24N4O/c1-11(18-7-5-4-6-8-18)9-15-13-12(2)14(19-3)17-10-16-13/h10-11H,4-9H2,1-3H3,(H,15,16,17). The Kier molecular flexibility index (Phi) is 4.96. The smallest absolute Gasteiger partial charge is 0.221 e. The molecule has 5 nitrogen and oxygen atoms in total. The zero-order chi connectivity index (χ0) is 13.7. The molecule has 1 unspecified atom stereocenters. The molecule has 0 spiro atoms. The van der Waals surface area contributed by atoms with E-state index in [1.165, 1.54) is 32.4 Å². The fourth-order valence-electron chi connectivity index (χ4n) is 2.55. The van der Waals surface area contributed by atoms with Gasteiger partial charge in [-0.2, -0.15) is 0 Å². The van der Waals surface area contributed by atoms with E-state index < -0.39 is 0 Å².